The van der Waals surface area contributed by atoms with Crippen molar-refractivity contribution in [1.82, 2.24) is 0 Å². The molecule has 0 aromatic heterocycles. The minimum atomic E-state index is -2.67. The highest BCUT2D eigenvalue weighted by Gasteiger charge is 2.27. The number of nitriles is 1. The Morgan fingerprint density at radius 3 is 2.79 bits per heavy atom. The van der Waals surface area contributed by atoms with Gasteiger partial charge in [0, 0.05) is 21.6 Å². The molecule has 0 fully saturated rings. The summed E-state index contributed by atoms with van der Waals surface area (Å²) in [5.74, 6) is 0.736. The third-order valence-electron chi connectivity index (χ3n) is 4.03. The van der Waals surface area contributed by atoms with Crippen molar-refractivity contribution in [1.29, 1.82) is 5.26 Å². The van der Waals surface area contributed by atoms with E-state index in [0.717, 1.165) is 22.1 Å². The zero-order chi connectivity index (χ0) is 17.3. The Morgan fingerprint density at radius 2 is 2.12 bits per heavy atom. The van der Waals surface area contributed by atoms with Crippen LogP contribution in [0.2, 0.25) is 0 Å². The third kappa shape index (κ3) is 3.10. The first-order valence-corrected chi connectivity index (χ1v) is 8.65. The molecule has 0 radical (unpaired) electrons. The summed E-state index contributed by atoms with van der Waals surface area (Å²) >= 11 is 1.55. The maximum atomic E-state index is 13.0. The quantitative estimate of drug-likeness (QED) is 0.792. The van der Waals surface area contributed by atoms with E-state index < -0.39 is 12.5 Å². The van der Waals surface area contributed by atoms with Gasteiger partial charge in [0.15, 0.2) is 0 Å². The topological polar surface area (TPSA) is 53.2 Å². The molecule has 0 heterocycles. The zero-order valence-electron chi connectivity index (χ0n) is 12.9. The summed E-state index contributed by atoms with van der Waals surface area (Å²) < 4.78 is 31.7. The molecule has 2 aromatic rings. The van der Waals surface area contributed by atoms with Gasteiger partial charge in [-0.1, -0.05) is 0 Å². The van der Waals surface area contributed by atoms with Crippen LogP contribution < -0.4 is 4.74 Å². The van der Waals surface area contributed by atoms with Gasteiger partial charge in [0.05, 0.1) is 17.7 Å². The van der Waals surface area contributed by atoms with Crippen LogP contribution in [0.3, 0.4) is 0 Å². The van der Waals surface area contributed by atoms with E-state index in [1.807, 2.05) is 18.4 Å². The Morgan fingerprint density at radius 1 is 1.33 bits per heavy atom. The molecular weight excluding hydrogens is 332 g/mol. The van der Waals surface area contributed by atoms with Crippen molar-refractivity contribution in [3.63, 3.8) is 0 Å². The Bertz CT molecular complexity index is 817. The number of aliphatic hydroxyl groups is 1. The molecule has 2 aromatic carbocycles. The summed E-state index contributed by atoms with van der Waals surface area (Å²) in [6.07, 6.45) is 0.0102. The van der Waals surface area contributed by atoms with Crippen molar-refractivity contribution >= 4 is 11.8 Å². The van der Waals surface area contributed by atoms with E-state index in [2.05, 4.69) is 0 Å². The maximum Gasteiger partial charge on any atom is 0.264 e. The number of aliphatic hydroxyl groups excluding tert-OH is 1. The molecule has 24 heavy (non-hydrogen) atoms. The fourth-order valence-electron chi connectivity index (χ4n) is 2.94. The van der Waals surface area contributed by atoms with Crippen LogP contribution in [0, 0.1) is 11.3 Å². The van der Waals surface area contributed by atoms with Crippen LogP contribution in [-0.2, 0) is 6.42 Å². The van der Waals surface area contributed by atoms with E-state index in [-0.39, 0.29) is 16.9 Å². The first-order valence-electron chi connectivity index (χ1n) is 7.42. The first kappa shape index (κ1) is 16.7. The normalized spacial score (nSPS) is 16.1. The number of alkyl halides is 2. The zero-order valence-corrected chi connectivity index (χ0v) is 13.7. The summed E-state index contributed by atoms with van der Waals surface area (Å²) in [4.78, 5) is 0.987. The summed E-state index contributed by atoms with van der Waals surface area (Å²) in [6.45, 7) is 0. The summed E-state index contributed by atoms with van der Waals surface area (Å²) in [5.41, 5.74) is 1.63. The molecule has 0 aliphatic heterocycles. The molecule has 0 spiro atoms. The second kappa shape index (κ2) is 6.80. The van der Waals surface area contributed by atoms with Gasteiger partial charge in [0.25, 0.3) is 6.43 Å². The molecule has 3 rings (SSSR count). The highest BCUT2D eigenvalue weighted by Crippen LogP contribution is 2.43. The van der Waals surface area contributed by atoms with Crippen molar-refractivity contribution in [3.8, 4) is 17.6 Å². The molecule has 1 unspecified atom stereocenters. The molecule has 0 saturated carbocycles. The average Bonchev–Trinajstić information content (AvgIpc) is 2.97. The molecule has 0 saturated heterocycles. The van der Waals surface area contributed by atoms with E-state index in [4.69, 9.17) is 10.00 Å². The largest absolute Gasteiger partial charge is 0.457 e. The molecule has 1 N–H and O–H groups in total. The van der Waals surface area contributed by atoms with Gasteiger partial charge in [-0.25, -0.2) is 8.78 Å². The standard InChI is InChI=1S/C18H15F2NO2S/c1-24-16-5-4-15(13-2-3-14(22)17(13)16)23-12-7-10(9-21)6-11(8-12)18(19)20/h4-8,14,18,22H,2-3H2,1H3. The molecular formula is C18H15F2NO2S. The number of hydrogen-bond acceptors (Lipinski definition) is 4. The monoisotopic (exact) mass is 347 g/mol. The average molecular weight is 347 g/mol. The van der Waals surface area contributed by atoms with Crippen LogP contribution in [0.4, 0.5) is 8.78 Å². The van der Waals surface area contributed by atoms with Crippen LogP contribution >= 0.6 is 11.8 Å². The first-order chi connectivity index (χ1) is 11.5. The van der Waals surface area contributed by atoms with Gasteiger partial charge in [-0.2, -0.15) is 5.26 Å². The summed E-state index contributed by atoms with van der Waals surface area (Å²) in [5, 5.41) is 19.2. The summed E-state index contributed by atoms with van der Waals surface area (Å²) in [7, 11) is 0. The van der Waals surface area contributed by atoms with Gasteiger partial charge >= 0.3 is 0 Å². The lowest BCUT2D eigenvalue weighted by atomic mass is 10.1. The Kier molecular flexibility index (Phi) is 4.74. The fourth-order valence-corrected chi connectivity index (χ4v) is 3.63. The van der Waals surface area contributed by atoms with Crippen molar-refractivity contribution in [3.05, 3.63) is 52.6 Å². The SMILES string of the molecule is CSc1ccc(Oc2cc(C#N)cc(C(F)F)c2)c2c1C(O)CC2. The highest BCUT2D eigenvalue weighted by molar-refractivity contribution is 7.98. The van der Waals surface area contributed by atoms with Crippen LogP contribution in [0.15, 0.2) is 35.2 Å². The van der Waals surface area contributed by atoms with Gasteiger partial charge in [-0.3, -0.25) is 0 Å². The minimum Gasteiger partial charge on any atom is -0.457 e. The lowest BCUT2D eigenvalue weighted by molar-refractivity contribution is 0.151. The lowest BCUT2D eigenvalue weighted by Crippen LogP contribution is -1.97. The fraction of sp³-hybridized carbons (Fsp3) is 0.278. The maximum absolute atomic E-state index is 13.0. The number of rotatable bonds is 4. The summed E-state index contributed by atoms with van der Waals surface area (Å²) in [6, 6.07) is 9.34. The number of hydrogen-bond donors (Lipinski definition) is 1. The van der Waals surface area contributed by atoms with E-state index in [9.17, 15) is 13.9 Å². The molecule has 1 aliphatic rings. The molecule has 0 amide bonds. The molecule has 124 valence electrons. The van der Waals surface area contributed by atoms with Crippen molar-refractivity contribution in [2.75, 3.05) is 6.26 Å². The number of benzene rings is 2. The van der Waals surface area contributed by atoms with Gasteiger partial charge in [-0.15, -0.1) is 11.8 Å². The second-order valence-corrected chi connectivity index (χ2v) is 6.37. The van der Waals surface area contributed by atoms with Crippen LogP contribution in [0.25, 0.3) is 0 Å². The number of fused-ring (bicyclic) bond motifs is 1. The van der Waals surface area contributed by atoms with Crippen LogP contribution in [0.5, 0.6) is 11.5 Å². The van der Waals surface area contributed by atoms with Crippen molar-refractivity contribution in [2.45, 2.75) is 30.3 Å². The molecule has 1 aliphatic carbocycles. The van der Waals surface area contributed by atoms with Gasteiger partial charge in [-0.05, 0) is 49.4 Å². The third-order valence-corrected chi connectivity index (χ3v) is 4.83. The Hall–Kier alpha value is -2.10. The predicted octanol–water partition coefficient (Wildman–Crippen LogP) is 4.99. The van der Waals surface area contributed by atoms with Gasteiger partial charge < -0.3 is 9.84 Å². The van der Waals surface area contributed by atoms with E-state index in [1.165, 1.54) is 12.1 Å². The van der Waals surface area contributed by atoms with Gasteiger partial charge in [0.2, 0.25) is 0 Å². The number of halogens is 2. The molecule has 6 heteroatoms. The highest BCUT2D eigenvalue weighted by atomic mass is 32.2. The number of nitrogens with zero attached hydrogens (tertiary/aromatic N) is 1. The minimum absolute atomic E-state index is 0.125. The molecule has 0 bridgehead atoms. The lowest BCUT2D eigenvalue weighted by Gasteiger charge is -2.15. The predicted molar refractivity (Wildman–Crippen MR) is 87.7 cm³/mol. The van der Waals surface area contributed by atoms with Gasteiger partial charge in [0.1, 0.15) is 11.5 Å². The Balaban J connectivity index is 2.01. The van der Waals surface area contributed by atoms with Crippen molar-refractivity contribution < 1.29 is 18.6 Å². The smallest absolute Gasteiger partial charge is 0.264 e. The van der Waals surface area contributed by atoms with Crippen LogP contribution in [-0.4, -0.2) is 11.4 Å². The molecule has 3 nitrogen and oxygen atoms in total. The van der Waals surface area contributed by atoms with Crippen molar-refractivity contribution in [2.24, 2.45) is 0 Å². The van der Waals surface area contributed by atoms with E-state index in [0.29, 0.717) is 18.6 Å². The number of ether oxygens (including phenoxy) is 1. The number of thioether (sulfide) groups is 1. The Labute approximate surface area is 142 Å². The van der Waals surface area contributed by atoms with E-state index >= 15 is 0 Å². The van der Waals surface area contributed by atoms with Crippen LogP contribution in [0.1, 0.15) is 41.2 Å². The molecule has 1 atom stereocenters. The van der Waals surface area contributed by atoms with E-state index in [1.54, 1.807) is 17.8 Å². The second-order valence-electron chi connectivity index (χ2n) is 5.52.